The van der Waals surface area contributed by atoms with E-state index >= 15 is 0 Å². The molecule has 3 aliphatic heterocycles. The van der Waals surface area contributed by atoms with Crippen LogP contribution in [0.15, 0.2) is 12.1 Å². The van der Waals surface area contributed by atoms with Crippen molar-refractivity contribution >= 4 is 17.8 Å². The second-order valence-electron chi connectivity index (χ2n) is 11.1. The zero-order chi connectivity index (χ0) is 30.4. The highest BCUT2D eigenvalue weighted by molar-refractivity contribution is 5.91. The van der Waals surface area contributed by atoms with Gasteiger partial charge in [0.25, 0.3) is 0 Å². The molecule has 0 saturated carbocycles. The van der Waals surface area contributed by atoms with Crippen LogP contribution in [-0.2, 0) is 23.8 Å². The van der Waals surface area contributed by atoms with E-state index in [2.05, 4.69) is 9.80 Å². The van der Waals surface area contributed by atoms with Gasteiger partial charge in [-0.05, 0) is 57.3 Å². The molecule has 0 spiro atoms. The van der Waals surface area contributed by atoms with Crippen LogP contribution in [0.5, 0.6) is 17.2 Å². The molecular formula is C31H47N3O9. The number of ether oxygens (including phenoxy) is 6. The average Bonchev–Trinajstić information content (AvgIpc) is 3.27. The van der Waals surface area contributed by atoms with Gasteiger partial charge >= 0.3 is 11.9 Å². The zero-order valence-electron chi connectivity index (χ0n) is 25.7. The minimum Gasteiger partial charge on any atom is -0.493 e. The third-order valence-electron chi connectivity index (χ3n) is 8.11. The minimum absolute atomic E-state index is 0.0428. The fourth-order valence-corrected chi connectivity index (χ4v) is 5.67. The Morgan fingerprint density at radius 2 is 1.51 bits per heavy atom. The molecule has 0 N–H and O–H groups in total. The summed E-state index contributed by atoms with van der Waals surface area (Å²) in [6, 6.07) is 3.21. The number of nitrogens with zero attached hydrogens (tertiary/aromatic N) is 3. The van der Waals surface area contributed by atoms with Crippen LogP contribution >= 0.6 is 0 Å². The van der Waals surface area contributed by atoms with E-state index in [0.717, 1.165) is 52.1 Å². The van der Waals surface area contributed by atoms with Gasteiger partial charge in [0, 0.05) is 45.7 Å². The predicted octanol–water partition coefficient (Wildman–Crippen LogP) is 2.37. The van der Waals surface area contributed by atoms with Crippen LogP contribution in [-0.4, -0.2) is 132 Å². The van der Waals surface area contributed by atoms with Gasteiger partial charge in [-0.1, -0.05) is 0 Å². The number of hydrogen-bond donors (Lipinski definition) is 0. The van der Waals surface area contributed by atoms with E-state index in [1.807, 2.05) is 0 Å². The van der Waals surface area contributed by atoms with Crippen molar-refractivity contribution in [3.63, 3.8) is 0 Å². The van der Waals surface area contributed by atoms with Crippen LogP contribution in [0.1, 0.15) is 55.3 Å². The van der Waals surface area contributed by atoms with Crippen LogP contribution < -0.4 is 14.2 Å². The molecule has 12 nitrogen and oxygen atoms in total. The Labute approximate surface area is 254 Å². The molecule has 240 valence electrons. The molecule has 3 atom stereocenters. The highest BCUT2D eigenvalue weighted by Crippen LogP contribution is 2.39. The van der Waals surface area contributed by atoms with Crippen molar-refractivity contribution < 1.29 is 42.8 Å². The number of benzene rings is 1. The lowest BCUT2D eigenvalue weighted by Gasteiger charge is -2.27. The number of morpholine rings is 1. The number of hydrogen-bond acceptors (Lipinski definition) is 11. The van der Waals surface area contributed by atoms with Crippen molar-refractivity contribution in [1.82, 2.24) is 14.7 Å². The summed E-state index contributed by atoms with van der Waals surface area (Å²) < 4.78 is 33.9. The van der Waals surface area contributed by atoms with Crippen molar-refractivity contribution in [2.24, 2.45) is 0 Å². The summed E-state index contributed by atoms with van der Waals surface area (Å²) in [7, 11) is 3.03. The molecule has 3 aliphatic rings. The number of fused-ring (bicyclic) bond motifs is 5. The molecule has 0 aliphatic carbocycles. The average molecular weight is 606 g/mol. The molecule has 4 bridgehead atoms. The summed E-state index contributed by atoms with van der Waals surface area (Å²) in [6.45, 7) is 8.36. The number of esters is 2. The van der Waals surface area contributed by atoms with Gasteiger partial charge in [0.2, 0.25) is 11.7 Å². The fourth-order valence-electron chi connectivity index (χ4n) is 5.67. The number of rotatable bonds is 6. The van der Waals surface area contributed by atoms with Crippen LogP contribution in [0.2, 0.25) is 0 Å². The largest absolute Gasteiger partial charge is 0.493 e. The lowest BCUT2D eigenvalue weighted by Crippen LogP contribution is -2.40. The van der Waals surface area contributed by atoms with E-state index in [0.29, 0.717) is 81.6 Å². The Morgan fingerprint density at radius 1 is 0.791 bits per heavy atom. The van der Waals surface area contributed by atoms with Crippen LogP contribution in [0.4, 0.5) is 0 Å². The smallest absolute Gasteiger partial charge is 0.338 e. The van der Waals surface area contributed by atoms with E-state index in [4.69, 9.17) is 28.4 Å². The molecule has 2 fully saturated rings. The Kier molecular flexibility index (Phi) is 13.2. The number of amides is 1. The number of cyclic esters (lactones) is 1. The van der Waals surface area contributed by atoms with Crippen LogP contribution in [0.3, 0.4) is 0 Å². The van der Waals surface area contributed by atoms with Gasteiger partial charge < -0.3 is 43.1 Å². The van der Waals surface area contributed by atoms with E-state index < -0.39 is 5.97 Å². The quantitative estimate of drug-likeness (QED) is 0.445. The van der Waals surface area contributed by atoms with Crippen molar-refractivity contribution in [2.45, 2.75) is 51.0 Å². The normalized spacial score (nSPS) is 24.3. The first-order valence-electron chi connectivity index (χ1n) is 15.5. The summed E-state index contributed by atoms with van der Waals surface area (Å²) in [5.74, 6) is 0.318. The SMILES string of the molecule is COc1cc2cc(c1OC)OCCCC(OC(=O)CCC(=O)N1CCOCC1)CCN1CCCN(CCCOC2=O)CC1. The van der Waals surface area contributed by atoms with Crippen LogP contribution in [0.25, 0.3) is 0 Å². The predicted molar refractivity (Wildman–Crippen MR) is 158 cm³/mol. The maximum Gasteiger partial charge on any atom is 0.338 e. The van der Waals surface area contributed by atoms with E-state index in [-0.39, 0.29) is 30.8 Å². The lowest BCUT2D eigenvalue weighted by atomic mass is 10.1. The molecule has 4 rings (SSSR count). The first-order valence-corrected chi connectivity index (χ1v) is 15.5. The molecule has 43 heavy (non-hydrogen) atoms. The minimum atomic E-state index is -0.440. The topological polar surface area (TPSA) is 116 Å². The first-order chi connectivity index (χ1) is 21.0. The third kappa shape index (κ3) is 10.3. The summed E-state index contributed by atoms with van der Waals surface area (Å²) in [5, 5.41) is 0. The number of carbonyl (C=O) groups is 3. The molecule has 0 aromatic heterocycles. The molecule has 2 saturated heterocycles. The van der Waals surface area contributed by atoms with Crippen molar-refractivity contribution in [2.75, 3.05) is 93.0 Å². The summed E-state index contributed by atoms with van der Waals surface area (Å²) in [4.78, 5) is 44.8. The molecule has 3 unspecified atom stereocenters. The highest BCUT2D eigenvalue weighted by atomic mass is 16.5. The fraction of sp³-hybridized carbons (Fsp3) is 0.710. The molecule has 12 heteroatoms. The molecule has 1 amide bonds. The summed E-state index contributed by atoms with van der Waals surface area (Å²) in [5.41, 5.74) is 0.328. The van der Waals surface area contributed by atoms with E-state index in [9.17, 15) is 14.4 Å². The maximum atomic E-state index is 12.9. The summed E-state index contributed by atoms with van der Waals surface area (Å²) in [6.07, 6.45) is 3.61. The van der Waals surface area contributed by atoms with Gasteiger partial charge in [-0.3, -0.25) is 9.59 Å². The van der Waals surface area contributed by atoms with Gasteiger partial charge in [-0.2, -0.15) is 0 Å². The molecule has 1 aromatic carbocycles. The van der Waals surface area contributed by atoms with Gasteiger partial charge in [-0.15, -0.1) is 0 Å². The zero-order valence-corrected chi connectivity index (χ0v) is 25.7. The number of carbonyl (C=O) groups excluding carboxylic acids is 3. The van der Waals surface area contributed by atoms with E-state index in [1.165, 1.54) is 14.2 Å². The molecule has 3 heterocycles. The van der Waals surface area contributed by atoms with Crippen LogP contribution in [0, 0.1) is 0 Å². The number of methoxy groups -OCH3 is 2. The van der Waals surface area contributed by atoms with Gasteiger partial charge in [0.15, 0.2) is 11.5 Å². The third-order valence-corrected chi connectivity index (χ3v) is 8.11. The Hall–Kier alpha value is -3.09. The second kappa shape index (κ2) is 17.3. The van der Waals surface area contributed by atoms with Gasteiger partial charge in [0.1, 0.15) is 6.10 Å². The lowest BCUT2D eigenvalue weighted by molar-refractivity contribution is -0.152. The standard InChI is InChI=1S/C31H47N3O9/c1-38-26-22-24-23-27(30(26)39-2)41-18-3-6-25(43-29(36)8-7-28(35)34-16-20-40-21-17-34)9-13-33-11-4-10-32(14-15-33)12-5-19-42-31(24)37/h22-23,25H,3-21H2,1-2H3. The van der Waals surface area contributed by atoms with Crippen molar-refractivity contribution in [3.05, 3.63) is 17.7 Å². The van der Waals surface area contributed by atoms with Gasteiger partial charge in [-0.25, -0.2) is 4.79 Å². The second-order valence-corrected chi connectivity index (χ2v) is 11.1. The maximum absolute atomic E-state index is 12.9. The highest BCUT2D eigenvalue weighted by Gasteiger charge is 2.23. The molecule has 1 aromatic rings. The Bertz CT molecular complexity index is 1060. The monoisotopic (exact) mass is 605 g/mol. The molecule has 0 radical (unpaired) electrons. The van der Waals surface area contributed by atoms with Crippen molar-refractivity contribution in [3.8, 4) is 17.2 Å². The van der Waals surface area contributed by atoms with E-state index in [1.54, 1.807) is 17.0 Å². The molecular weight excluding hydrogens is 558 g/mol. The Balaban J connectivity index is 1.41. The van der Waals surface area contributed by atoms with Crippen molar-refractivity contribution in [1.29, 1.82) is 0 Å². The van der Waals surface area contributed by atoms with Gasteiger partial charge in [0.05, 0.1) is 52.6 Å². The summed E-state index contributed by atoms with van der Waals surface area (Å²) >= 11 is 0. The Morgan fingerprint density at radius 3 is 2.26 bits per heavy atom. The first kappa shape index (κ1) is 32.8.